The summed E-state index contributed by atoms with van der Waals surface area (Å²) in [7, 11) is 0. The van der Waals surface area contributed by atoms with Crippen LogP contribution in [-0.4, -0.2) is 18.1 Å². The Bertz CT molecular complexity index is 501. The highest BCUT2D eigenvalue weighted by Crippen LogP contribution is 2.23. The monoisotopic (exact) mass is 261 g/mol. The van der Waals surface area contributed by atoms with Gasteiger partial charge in [0.05, 0.1) is 12.3 Å². The molecule has 0 amide bonds. The Balaban J connectivity index is 2.14. The number of hydrazine groups is 1. The minimum atomic E-state index is -0.825. The van der Waals surface area contributed by atoms with Crippen LogP contribution in [0.25, 0.3) is 0 Å². The van der Waals surface area contributed by atoms with Gasteiger partial charge in [0.2, 0.25) is 0 Å². The number of nitrogens with zero attached hydrogens (tertiary/aromatic N) is 1. The molecule has 1 atom stereocenters. The molecule has 3 N–H and O–H groups in total. The molecule has 19 heavy (non-hydrogen) atoms. The van der Waals surface area contributed by atoms with Gasteiger partial charge < -0.3 is 10.5 Å². The number of anilines is 1. The molecule has 2 rings (SSSR count). The molecule has 5 nitrogen and oxygen atoms in total. The number of esters is 1. The summed E-state index contributed by atoms with van der Waals surface area (Å²) in [5.74, 6) is -0.288. The molecule has 0 aromatic heterocycles. The summed E-state index contributed by atoms with van der Waals surface area (Å²) in [6.45, 7) is 4.43. The molecule has 0 radical (unpaired) electrons. The molecule has 1 heterocycles. The first-order valence-electron chi connectivity index (χ1n) is 6.31. The van der Waals surface area contributed by atoms with Gasteiger partial charge in [0, 0.05) is 12.7 Å². The summed E-state index contributed by atoms with van der Waals surface area (Å²) in [5.41, 5.74) is 9.91. The smallest absolute Gasteiger partial charge is 0.331 e. The van der Waals surface area contributed by atoms with Crippen molar-refractivity contribution in [1.82, 2.24) is 5.43 Å². The van der Waals surface area contributed by atoms with Crippen molar-refractivity contribution in [3.05, 3.63) is 42.1 Å². The highest BCUT2D eigenvalue weighted by Gasteiger charge is 2.37. The number of nitrogens with one attached hydrogen (secondary N) is 1. The van der Waals surface area contributed by atoms with Crippen molar-refractivity contribution >= 4 is 11.7 Å². The fourth-order valence-electron chi connectivity index (χ4n) is 1.93. The molecular formula is C14H19N3O2. The van der Waals surface area contributed by atoms with E-state index in [1.54, 1.807) is 24.9 Å². The second kappa shape index (κ2) is 5.42. The second-order valence-corrected chi connectivity index (χ2v) is 4.59. The number of carbonyl (C=O) groups is 1. The van der Waals surface area contributed by atoms with E-state index in [0.717, 1.165) is 11.3 Å². The molecule has 102 valence electrons. The molecule has 0 saturated carbocycles. The summed E-state index contributed by atoms with van der Waals surface area (Å²) in [5, 5.41) is 1.80. The van der Waals surface area contributed by atoms with E-state index in [1.165, 1.54) is 0 Å². The van der Waals surface area contributed by atoms with E-state index in [9.17, 15) is 4.79 Å². The van der Waals surface area contributed by atoms with Crippen LogP contribution in [0.15, 0.2) is 36.5 Å². The van der Waals surface area contributed by atoms with Crippen molar-refractivity contribution in [3.63, 3.8) is 0 Å². The average Bonchev–Trinajstić information content (AvgIpc) is 2.83. The molecule has 0 spiro atoms. The van der Waals surface area contributed by atoms with E-state index in [-0.39, 0.29) is 5.97 Å². The van der Waals surface area contributed by atoms with Crippen LogP contribution in [-0.2, 0) is 16.1 Å². The van der Waals surface area contributed by atoms with Crippen molar-refractivity contribution < 1.29 is 9.53 Å². The van der Waals surface area contributed by atoms with Crippen molar-refractivity contribution in [3.8, 4) is 0 Å². The Labute approximate surface area is 113 Å². The number of carbonyl (C=O) groups excluding carboxylic acids is 1. The maximum absolute atomic E-state index is 11.9. The zero-order chi connectivity index (χ0) is 13.9. The molecule has 1 aromatic carbocycles. The fourth-order valence-corrected chi connectivity index (χ4v) is 1.93. The van der Waals surface area contributed by atoms with E-state index < -0.39 is 5.54 Å². The van der Waals surface area contributed by atoms with Crippen LogP contribution in [0.5, 0.6) is 0 Å². The summed E-state index contributed by atoms with van der Waals surface area (Å²) < 4.78 is 5.06. The Morgan fingerprint density at radius 3 is 3.00 bits per heavy atom. The molecule has 0 aliphatic carbocycles. The molecule has 1 aromatic rings. The SMILES string of the molecule is CCOC(=O)C1(C)C=CN(c2cccc(CN)c2)N1. The first-order valence-corrected chi connectivity index (χ1v) is 6.31. The predicted molar refractivity (Wildman–Crippen MR) is 74.1 cm³/mol. The first-order chi connectivity index (χ1) is 9.09. The third-order valence-corrected chi connectivity index (χ3v) is 3.03. The van der Waals surface area contributed by atoms with Crippen LogP contribution in [0.3, 0.4) is 0 Å². The number of benzene rings is 1. The van der Waals surface area contributed by atoms with Gasteiger partial charge in [-0.25, -0.2) is 10.2 Å². The van der Waals surface area contributed by atoms with E-state index in [1.807, 2.05) is 30.5 Å². The predicted octanol–water partition coefficient (Wildman–Crippen LogP) is 1.31. The minimum Gasteiger partial charge on any atom is -0.464 e. The minimum absolute atomic E-state index is 0.288. The molecular weight excluding hydrogens is 242 g/mol. The number of ether oxygens (including phenoxy) is 1. The van der Waals surface area contributed by atoms with Crippen molar-refractivity contribution in [2.45, 2.75) is 25.9 Å². The number of hydrogen-bond donors (Lipinski definition) is 2. The van der Waals surface area contributed by atoms with Gasteiger partial charge in [0.15, 0.2) is 5.54 Å². The number of hydrogen-bond acceptors (Lipinski definition) is 5. The quantitative estimate of drug-likeness (QED) is 0.800. The van der Waals surface area contributed by atoms with Crippen molar-refractivity contribution in [2.75, 3.05) is 11.6 Å². The third-order valence-electron chi connectivity index (χ3n) is 3.03. The maximum atomic E-state index is 11.9. The largest absolute Gasteiger partial charge is 0.464 e. The average molecular weight is 261 g/mol. The van der Waals surface area contributed by atoms with Crippen molar-refractivity contribution in [1.29, 1.82) is 0 Å². The van der Waals surface area contributed by atoms with E-state index in [0.29, 0.717) is 13.2 Å². The fraction of sp³-hybridized carbons (Fsp3) is 0.357. The van der Waals surface area contributed by atoms with Crippen molar-refractivity contribution in [2.24, 2.45) is 5.73 Å². The van der Waals surface area contributed by atoms with Gasteiger partial charge in [0.1, 0.15) is 0 Å². The standard InChI is InChI=1S/C14H19N3O2/c1-3-19-13(18)14(2)7-8-17(16-14)12-6-4-5-11(9-12)10-15/h4-9,16H,3,10,15H2,1-2H3. The van der Waals surface area contributed by atoms with E-state index in [4.69, 9.17) is 10.5 Å². The van der Waals surface area contributed by atoms with Gasteiger partial charge in [-0.1, -0.05) is 12.1 Å². The van der Waals surface area contributed by atoms with Crippen LogP contribution in [0.1, 0.15) is 19.4 Å². The zero-order valence-corrected chi connectivity index (χ0v) is 11.2. The van der Waals surface area contributed by atoms with Gasteiger partial charge in [-0.15, -0.1) is 0 Å². The van der Waals surface area contributed by atoms with Gasteiger partial charge in [-0.05, 0) is 37.6 Å². The van der Waals surface area contributed by atoms with E-state index >= 15 is 0 Å². The molecule has 0 bridgehead atoms. The van der Waals surface area contributed by atoms with Gasteiger partial charge >= 0.3 is 5.97 Å². The van der Waals surface area contributed by atoms with Gasteiger partial charge in [0.25, 0.3) is 0 Å². The number of rotatable bonds is 4. The molecule has 1 unspecified atom stereocenters. The van der Waals surface area contributed by atoms with Crippen LogP contribution < -0.4 is 16.2 Å². The first kappa shape index (κ1) is 13.6. The lowest BCUT2D eigenvalue weighted by atomic mass is 10.1. The molecule has 1 aliphatic heterocycles. The van der Waals surface area contributed by atoms with Gasteiger partial charge in [-0.3, -0.25) is 5.01 Å². The van der Waals surface area contributed by atoms with Gasteiger partial charge in [-0.2, -0.15) is 0 Å². The third kappa shape index (κ3) is 2.77. The normalized spacial score (nSPS) is 21.7. The van der Waals surface area contributed by atoms with Crippen LogP contribution >= 0.6 is 0 Å². The maximum Gasteiger partial charge on any atom is 0.331 e. The van der Waals surface area contributed by atoms with Crippen LogP contribution in [0, 0.1) is 0 Å². The highest BCUT2D eigenvalue weighted by atomic mass is 16.5. The lowest BCUT2D eigenvalue weighted by Crippen LogP contribution is -2.51. The Morgan fingerprint density at radius 2 is 2.32 bits per heavy atom. The Hall–Kier alpha value is -1.85. The Morgan fingerprint density at radius 1 is 1.53 bits per heavy atom. The highest BCUT2D eigenvalue weighted by molar-refractivity contribution is 5.84. The van der Waals surface area contributed by atoms with Crippen LogP contribution in [0.2, 0.25) is 0 Å². The summed E-state index contributed by atoms with van der Waals surface area (Å²) in [4.78, 5) is 11.9. The summed E-state index contributed by atoms with van der Waals surface area (Å²) >= 11 is 0. The Kier molecular flexibility index (Phi) is 3.87. The topological polar surface area (TPSA) is 67.6 Å². The molecule has 5 heteroatoms. The second-order valence-electron chi connectivity index (χ2n) is 4.59. The van der Waals surface area contributed by atoms with E-state index in [2.05, 4.69) is 5.43 Å². The lowest BCUT2D eigenvalue weighted by Gasteiger charge is -2.25. The summed E-state index contributed by atoms with van der Waals surface area (Å²) in [6, 6.07) is 7.84. The van der Waals surface area contributed by atoms with Crippen LogP contribution in [0.4, 0.5) is 5.69 Å². The lowest BCUT2D eigenvalue weighted by molar-refractivity contribution is -0.148. The zero-order valence-electron chi connectivity index (χ0n) is 11.2. The molecule has 0 fully saturated rings. The molecule has 1 aliphatic rings. The molecule has 0 saturated heterocycles. The number of nitrogens with two attached hydrogens (primary N) is 1. The summed E-state index contributed by atoms with van der Waals surface area (Å²) in [6.07, 6.45) is 3.62.